The van der Waals surface area contributed by atoms with E-state index in [4.69, 9.17) is 23.4 Å². The zero-order valence-corrected chi connectivity index (χ0v) is 37.4. The van der Waals surface area contributed by atoms with Gasteiger partial charge >= 0.3 is 327 Å². The minimum absolute atomic E-state index is 0.00987. The maximum atomic E-state index is 16.1. The molecule has 55 heavy (non-hydrogen) atoms. The van der Waals surface area contributed by atoms with Crippen LogP contribution in [0.3, 0.4) is 0 Å². The molecule has 0 amide bonds. The second kappa shape index (κ2) is 15.2. The van der Waals surface area contributed by atoms with Gasteiger partial charge in [0.2, 0.25) is 0 Å². The number of ketones is 1. The van der Waals surface area contributed by atoms with Gasteiger partial charge in [-0.15, -0.1) is 0 Å². The number of Topliss-reactive ketones (excluding diaryl/α,β-unsaturated/α-hetero) is 1. The standard InChI is InChI=1S/C47H62O6SeSi/c1-31-26-47(53-55(9,10)44(2,3)4)42(45(47,5)6)40-41(54-39-14-12-11-13-15-39)34(30-51-28-32-16-20-36(49-7)21-17-32)24-35-25-38(27-46(31,35)43(40)48)52-29-33-18-22-37(50-8)23-19-33/h11-24,31,35,38,40-42H,25-30H2,1-10H3/t31-,35-,38+,40+,41+,42-,46-,47+/m1/s1. The first-order valence-electron chi connectivity index (χ1n) is 20.2. The van der Waals surface area contributed by atoms with Crippen molar-refractivity contribution in [3.8, 4) is 11.5 Å². The van der Waals surface area contributed by atoms with E-state index >= 15 is 4.79 Å². The van der Waals surface area contributed by atoms with Crippen molar-refractivity contribution in [1.29, 1.82) is 0 Å². The van der Waals surface area contributed by atoms with Crippen LogP contribution in [0.4, 0.5) is 0 Å². The SMILES string of the molecule is COc1ccc(COCC2=C[C@@H]3C[C@H](OCc4ccc(OC)cc4)C[C@]34C(=O)[C@H]([C@@H]3C(C)(C)[C@]3(O[Si](C)(C)C(C)(C)C)C[C@H]4C)[C@H]2[Se]c2ccccc2)cc1. The Morgan fingerprint density at radius 3 is 2.00 bits per heavy atom. The molecule has 0 N–H and O–H groups in total. The second-order valence-electron chi connectivity index (χ2n) is 18.7. The summed E-state index contributed by atoms with van der Waals surface area (Å²) in [4.78, 5) is 16.2. The summed E-state index contributed by atoms with van der Waals surface area (Å²) in [6, 6.07) is 27.1. The van der Waals surface area contributed by atoms with E-state index in [-0.39, 0.29) is 65.6 Å². The van der Waals surface area contributed by atoms with Crippen LogP contribution in [-0.4, -0.2) is 61.6 Å². The van der Waals surface area contributed by atoms with Gasteiger partial charge in [-0.3, -0.25) is 0 Å². The summed E-state index contributed by atoms with van der Waals surface area (Å²) >= 11 is 0.00987. The molecule has 296 valence electrons. The summed E-state index contributed by atoms with van der Waals surface area (Å²) in [6.07, 6.45) is 4.98. The number of methoxy groups -OCH3 is 2. The van der Waals surface area contributed by atoms with Crippen LogP contribution >= 0.6 is 0 Å². The molecule has 4 aliphatic carbocycles. The average molecular weight is 830 g/mol. The molecular formula is C47H62O6SeSi. The molecule has 0 radical (unpaired) electrons. The first-order valence-corrected chi connectivity index (χ1v) is 24.9. The van der Waals surface area contributed by atoms with E-state index in [2.05, 4.69) is 115 Å². The minimum atomic E-state index is -2.22. The predicted molar refractivity (Wildman–Crippen MR) is 224 cm³/mol. The topological polar surface area (TPSA) is 63.2 Å². The van der Waals surface area contributed by atoms with Gasteiger partial charge in [0.15, 0.2) is 0 Å². The molecular weight excluding hydrogens is 768 g/mol. The van der Waals surface area contributed by atoms with Gasteiger partial charge in [-0.1, -0.05) is 0 Å². The fraction of sp³-hybridized carbons (Fsp3) is 0.553. The van der Waals surface area contributed by atoms with Crippen molar-refractivity contribution in [3.63, 3.8) is 0 Å². The van der Waals surface area contributed by atoms with Crippen molar-refractivity contribution < 1.29 is 28.2 Å². The van der Waals surface area contributed by atoms with E-state index in [0.29, 0.717) is 25.6 Å². The molecule has 0 heterocycles. The Kier molecular flexibility index (Phi) is 11.2. The zero-order chi connectivity index (χ0) is 39.4. The van der Waals surface area contributed by atoms with Gasteiger partial charge in [0.1, 0.15) is 0 Å². The van der Waals surface area contributed by atoms with Crippen LogP contribution in [0.15, 0.2) is 90.5 Å². The number of rotatable bonds is 13. The van der Waals surface area contributed by atoms with Gasteiger partial charge in [-0.05, 0) is 0 Å². The average Bonchev–Trinajstić information content (AvgIpc) is 3.43. The molecule has 4 aliphatic rings. The van der Waals surface area contributed by atoms with Crippen LogP contribution in [-0.2, 0) is 31.9 Å². The Hall–Kier alpha value is -2.71. The predicted octanol–water partition coefficient (Wildman–Crippen LogP) is 9.60. The van der Waals surface area contributed by atoms with Gasteiger partial charge in [0.25, 0.3) is 0 Å². The Balaban J connectivity index is 1.30. The molecule has 0 aromatic heterocycles. The molecule has 3 saturated carbocycles. The van der Waals surface area contributed by atoms with Crippen molar-refractivity contribution >= 4 is 33.5 Å². The normalized spacial score (nSPS) is 31.1. The Morgan fingerprint density at radius 2 is 1.42 bits per heavy atom. The van der Waals surface area contributed by atoms with Gasteiger partial charge in [-0.25, -0.2) is 0 Å². The number of carbonyl (C=O) groups excluding carboxylic acids is 1. The molecule has 0 unspecified atom stereocenters. The summed E-state index contributed by atoms with van der Waals surface area (Å²) in [5.74, 6) is 2.31. The van der Waals surface area contributed by atoms with E-state index < -0.39 is 13.7 Å². The van der Waals surface area contributed by atoms with Crippen LogP contribution in [0.25, 0.3) is 0 Å². The molecule has 2 bridgehead atoms. The summed E-state index contributed by atoms with van der Waals surface area (Å²) in [5, 5.41) is 0.0544. The molecule has 3 fully saturated rings. The van der Waals surface area contributed by atoms with E-state index in [9.17, 15) is 0 Å². The van der Waals surface area contributed by atoms with E-state index in [1.807, 2.05) is 24.3 Å². The van der Waals surface area contributed by atoms with Gasteiger partial charge in [-0.2, -0.15) is 0 Å². The molecule has 8 atom stereocenters. The van der Waals surface area contributed by atoms with Crippen molar-refractivity contribution in [2.45, 2.75) is 109 Å². The molecule has 0 saturated heterocycles. The first-order chi connectivity index (χ1) is 26.1. The number of hydrogen-bond acceptors (Lipinski definition) is 6. The monoisotopic (exact) mass is 830 g/mol. The van der Waals surface area contributed by atoms with E-state index in [1.165, 1.54) is 10.0 Å². The molecule has 3 aromatic carbocycles. The van der Waals surface area contributed by atoms with Crippen LogP contribution < -0.4 is 13.9 Å². The number of hydrogen-bond donors (Lipinski definition) is 0. The summed E-state index contributed by atoms with van der Waals surface area (Å²) in [5.41, 5.74) is 2.49. The third-order valence-electron chi connectivity index (χ3n) is 14.3. The summed E-state index contributed by atoms with van der Waals surface area (Å²) in [6.45, 7) is 20.5. The van der Waals surface area contributed by atoms with Crippen LogP contribution in [0.1, 0.15) is 71.9 Å². The molecule has 3 aromatic rings. The van der Waals surface area contributed by atoms with Gasteiger partial charge in [0.05, 0.1) is 7.11 Å². The van der Waals surface area contributed by atoms with Crippen LogP contribution in [0.5, 0.6) is 11.5 Å². The number of carbonyl (C=O) groups is 1. The Bertz CT molecular complexity index is 1850. The maximum absolute atomic E-state index is 16.1. The number of ether oxygens (including phenoxy) is 4. The Morgan fingerprint density at radius 1 is 0.818 bits per heavy atom. The Labute approximate surface area is 337 Å². The fourth-order valence-corrected chi connectivity index (χ4v) is 14.7. The molecule has 7 rings (SSSR count). The van der Waals surface area contributed by atoms with Crippen molar-refractivity contribution in [2.24, 2.45) is 34.5 Å². The van der Waals surface area contributed by atoms with E-state index in [1.54, 1.807) is 14.2 Å². The summed E-state index contributed by atoms with van der Waals surface area (Å²) < 4.78 is 33.3. The number of benzene rings is 3. The van der Waals surface area contributed by atoms with E-state index in [0.717, 1.165) is 41.9 Å². The van der Waals surface area contributed by atoms with Gasteiger partial charge < -0.3 is 4.74 Å². The molecule has 6 nitrogen and oxygen atoms in total. The zero-order valence-electron chi connectivity index (χ0n) is 34.6. The van der Waals surface area contributed by atoms with Crippen molar-refractivity contribution in [1.82, 2.24) is 0 Å². The van der Waals surface area contributed by atoms with Crippen molar-refractivity contribution in [2.75, 3.05) is 20.8 Å². The first kappa shape index (κ1) is 40.5. The molecule has 1 spiro atoms. The second-order valence-corrected chi connectivity index (χ2v) is 26.0. The van der Waals surface area contributed by atoms with Crippen LogP contribution in [0.2, 0.25) is 22.9 Å². The van der Waals surface area contributed by atoms with Crippen LogP contribution in [0, 0.1) is 34.5 Å². The molecule has 8 heteroatoms. The quantitative estimate of drug-likeness (QED) is 0.126. The number of allylic oxidation sites excluding steroid dienone is 1. The third kappa shape index (κ3) is 7.34. The van der Waals surface area contributed by atoms with Gasteiger partial charge in [0, 0.05) is 0 Å². The third-order valence-corrected chi connectivity index (χ3v) is 21.8. The van der Waals surface area contributed by atoms with Crippen molar-refractivity contribution in [3.05, 3.63) is 102 Å². The molecule has 0 aliphatic heterocycles. The summed E-state index contributed by atoms with van der Waals surface area (Å²) in [7, 11) is 1.17. The number of fused-ring (bicyclic) bond motifs is 3. The fourth-order valence-electron chi connectivity index (χ4n) is 10.2.